The second-order valence-electron chi connectivity index (χ2n) is 5.21. The van der Waals surface area contributed by atoms with E-state index in [9.17, 15) is 9.90 Å². The van der Waals surface area contributed by atoms with E-state index in [1.165, 1.54) is 11.3 Å². The molecule has 0 bridgehead atoms. The number of carbonyl (C=O) groups is 1. The van der Waals surface area contributed by atoms with Crippen LogP contribution in [0.15, 0.2) is 60.7 Å². The average Bonchev–Trinajstić information content (AvgIpc) is 3.10. The van der Waals surface area contributed by atoms with Gasteiger partial charge in [0, 0.05) is 11.4 Å². The second kappa shape index (κ2) is 6.99. The molecule has 2 N–H and O–H groups in total. The Hall–Kier alpha value is -3.10. The van der Waals surface area contributed by atoms with Crippen molar-refractivity contribution in [2.75, 3.05) is 0 Å². The van der Waals surface area contributed by atoms with E-state index in [0.29, 0.717) is 17.0 Å². The third-order valence-electron chi connectivity index (χ3n) is 3.49. The first-order valence-corrected chi connectivity index (χ1v) is 8.14. The molecule has 24 heavy (non-hydrogen) atoms. The Kier molecular flexibility index (Phi) is 4.59. The van der Waals surface area contributed by atoms with Gasteiger partial charge in [-0.15, -0.1) is 11.3 Å². The second-order valence-corrected chi connectivity index (χ2v) is 6.29. The van der Waals surface area contributed by atoms with Crippen LogP contribution < -0.4 is 5.32 Å². The van der Waals surface area contributed by atoms with Crippen LogP contribution in [0.25, 0.3) is 10.4 Å². The van der Waals surface area contributed by atoms with E-state index in [1.54, 1.807) is 36.4 Å². The fourth-order valence-electron chi connectivity index (χ4n) is 2.26. The first-order chi connectivity index (χ1) is 11.7. The Morgan fingerprint density at radius 1 is 1.12 bits per heavy atom. The molecule has 5 heteroatoms. The molecule has 1 heterocycles. The standard InChI is InChI=1S/C19H14N2O2S/c20-11-13-4-6-15(7-5-13)17-8-9-18(24-17)19(23)21-12-14-2-1-3-16(22)10-14/h1-10,22H,12H2,(H,21,23). The summed E-state index contributed by atoms with van der Waals surface area (Å²) in [5, 5.41) is 21.1. The zero-order valence-electron chi connectivity index (χ0n) is 12.7. The highest BCUT2D eigenvalue weighted by Gasteiger charge is 2.10. The van der Waals surface area contributed by atoms with Crippen LogP contribution in [0.2, 0.25) is 0 Å². The lowest BCUT2D eigenvalue weighted by Crippen LogP contribution is -2.21. The van der Waals surface area contributed by atoms with E-state index in [2.05, 4.69) is 11.4 Å². The molecule has 0 fully saturated rings. The Morgan fingerprint density at radius 3 is 2.62 bits per heavy atom. The molecule has 0 aliphatic carbocycles. The molecule has 3 aromatic rings. The molecule has 1 amide bonds. The minimum absolute atomic E-state index is 0.150. The van der Waals surface area contributed by atoms with E-state index in [0.717, 1.165) is 16.0 Å². The number of hydrogen-bond acceptors (Lipinski definition) is 4. The van der Waals surface area contributed by atoms with Crippen LogP contribution in [0.5, 0.6) is 5.75 Å². The fourth-order valence-corrected chi connectivity index (χ4v) is 3.19. The maximum atomic E-state index is 12.2. The van der Waals surface area contributed by atoms with Crippen LogP contribution in [0.1, 0.15) is 20.8 Å². The van der Waals surface area contributed by atoms with Crippen molar-refractivity contribution < 1.29 is 9.90 Å². The number of phenols is 1. The van der Waals surface area contributed by atoms with Crippen molar-refractivity contribution in [3.05, 3.63) is 76.7 Å². The molecule has 0 radical (unpaired) electrons. The van der Waals surface area contributed by atoms with Gasteiger partial charge in [-0.3, -0.25) is 4.79 Å². The van der Waals surface area contributed by atoms with Gasteiger partial charge < -0.3 is 10.4 Å². The smallest absolute Gasteiger partial charge is 0.261 e. The van der Waals surface area contributed by atoms with Crippen LogP contribution in [0.3, 0.4) is 0 Å². The van der Waals surface area contributed by atoms with Crippen molar-refractivity contribution in [2.24, 2.45) is 0 Å². The van der Waals surface area contributed by atoms with Gasteiger partial charge >= 0.3 is 0 Å². The number of rotatable bonds is 4. The van der Waals surface area contributed by atoms with Crippen molar-refractivity contribution in [1.29, 1.82) is 5.26 Å². The predicted molar refractivity (Wildman–Crippen MR) is 93.7 cm³/mol. The molecule has 118 valence electrons. The predicted octanol–water partition coefficient (Wildman–Crippen LogP) is 3.92. The average molecular weight is 334 g/mol. The highest BCUT2D eigenvalue weighted by molar-refractivity contribution is 7.17. The zero-order chi connectivity index (χ0) is 16.9. The Balaban J connectivity index is 1.68. The molecule has 0 saturated carbocycles. The van der Waals surface area contributed by atoms with E-state index in [-0.39, 0.29) is 11.7 Å². The van der Waals surface area contributed by atoms with Gasteiger partial charge in [0.1, 0.15) is 5.75 Å². The number of nitrogens with one attached hydrogen (secondary N) is 1. The number of aromatic hydroxyl groups is 1. The van der Waals surface area contributed by atoms with E-state index in [1.807, 2.05) is 24.3 Å². The number of nitrogens with zero attached hydrogens (tertiary/aromatic N) is 1. The number of phenolic OH excluding ortho intramolecular Hbond substituents is 1. The molecule has 0 atom stereocenters. The lowest BCUT2D eigenvalue weighted by atomic mass is 10.1. The number of amides is 1. The third kappa shape index (κ3) is 3.62. The Labute approximate surface area is 143 Å². The van der Waals surface area contributed by atoms with Gasteiger partial charge in [-0.1, -0.05) is 24.3 Å². The van der Waals surface area contributed by atoms with Gasteiger partial charge in [-0.05, 0) is 47.5 Å². The van der Waals surface area contributed by atoms with Crippen LogP contribution >= 0.6 is 11.3 Å². The van der Waals surface area contributed by atoms with Gasteiger partial charge in [-0.2, -0.15) is 5.26 Å². The minimum Gasteiger partial charge on any atom is -0.508 e. The van der Waals surface area contributed by atoms with Crippen LogP contribution in [-0.2, 0) is 6.54 Å². The molecule has 0 unspecified atom stereocenters. The van der Waals surface area contributed by atoms with Gasteiger partial charge in [0.15, 0.2) is 0 Å². The van der Waals surface area contributed by atoms with Crippen molar-refractivity contribution >= 4 is 17.2 Å². The summed E-state index contributed by atoms with van der Waals surface area (Å²) in [6, 6.07) is 19.8. The topological polar surface area (TPSA) is 73.1 Å². The van der Waals surface area contributed by atoms with E-state index < -0.39 is 0 Å². The van der Waals surface area contributed by atoms with Crippen molar-refractivity contribution in [3.63, 3.8) is 0 Å². The zero-order valence-corrected chi connectivity index (χ0v) is 13.5. The van der Waals surface area contributed by atoms with Crippen molar-refractivity contribution in [2.45, 2.75) is 6.54 Å². The highest BCUT2D eigenvalue weighted by Crippen LogP contribution is 2.28. The maximum absolute atomic E-state index is 12.2. The SMILES string of the molecule is N#Cc1ccc(-c2ccc(C(=O)NCc3cccc(O)c3)s2)cc1. The summed E-state index contributed by atoms with van der Waals surface area (Å²) in [6.07, 6.45) is 0. The Morgan fingerprint density at radius 2 is 1.92 bits per heavy atom. The summed E-state index contributed by atoms with van der Waals surface area (Å²) in [4.78, 5) is 13.8. The fraction of sp³-hybridized carbons (Fsp3) is 0.0526. The molecule has 0 saturated heterocycles. The van der Waals surface area contributed by atoms with Crippen molar-refractivity contribution in [1.82, 2.24) is 5.32 Å². The summed E-state index contributed by atoms with van der Waals surface area (Å²) in [6.45, 7) is 0.358. The molecule has 2 aromatic carbocycles. The number of benzene rings is 2. The summed E-state index contributed by atoms with van der Waals surface area (Å²) < 4.78 is 0. The summed E-state index contributed by atoms with van der Waals surface area (Å²) in [5.74, 6) is 0.0317. The monoisotopic (exact) mass is 334 g/mol. The highest BCUT2D eigenvalue weighted by atomic mass is 32.1. The molecule has 0 aliphatic rings. The maximum Gasteiger partial charge on any atom is 0.261 e. The molecule has 0 aliphatic heterocycles. The lowest BCUT2D eigenvalue weighted by molar-refractivity contribution is 0.0955. The van der Waals surface area contributed by atoms with Crippen LogP contribution in [-0.4, -0.2) is 11.0 Å². The van der Waals surface area contributed by atoms with Crippen LogP contribution in [0.4, 0.5) is 0 Å². The van der Waals surface area contributed by atoms with Gasteiger partial charge in [0.05, 0.1) is 16.5 Å². The normalized spacial score (nSPS) is 10.1. The van der Waals surface area contributed by atoms with E-state index >= 15 is 0 Å². The number of carbonyl (C=O) groups excluding carboxylic acids is 1. The van der Waals surface area contributed by atoms with Gasteiger partial charge in [0.2, 0.25) is 0 Å². The molecular formula is C19H14N2O2S. The first-order valence-electron chi connectivity index (χ1n) is 7.32. The molecule has 3 rings (SSSR count). The van der Waals surface area contributed by atoms with Gasteiger partial charge in [0.25, 0.3) is 5.91 Å². The molecule has 4 nitrogen and oxygen atoms in total. The molecule has 0 spiro atoms. The van der Waals surface area contributed by atoms with E-state index in [4.69, 9.17) is 5.26 Å². The summed E-state index contributed by atoms with van der Waals surface area (Å²) in [7, 11) is 0. The minimum atomic E-state index is -0.150. The molecular weight excluding hydrogens is 320 g/mol. The summed E-state index contributed by atoms with van der Waals surface area (Å²) >= 11 is 1.40. The first kappa shape index (κ1) is 15.8. The quantitative estimate of drug-likeness (QED) is 0.759. The lowest BCUT2D eigenvalue weighted by Gasteiger charge is -2.04. The summed E-state index contributed by atoms with van der Waals surface area (Å²) in [5.41, 5.74) is 2.43. The number of nitriles is 1. The third-order valence-corrected chi connectivity index (χ3v) is 4.63. The largest absolute Gasteiger partial charge is 0.508 e. The molecule has 1 aromatic heterocycles. The number of thiophene rings is 1. The van der Waals surface area contributed by atoms with Crippen LogP contribution in [0, 0.1) is 11.3 Å². The van der Waals surface area contributed by atoms with Gasteiger partial charge in [-0.25, -0.2) is 0 Å². The number of hydrogen-bond donors (Lipinski definition) is 2. The van der Waals surface area contributed by atoms with Crippen molar-refractivity contribution in [3.8, 4) is 22.3 Å². The Bertz CT molecular complexity index is 908.